The lowest BCUT2D eigenvalue weighted by atomic mass is 10.3. The summed E-state index contributed by atoms with van der Waals surface area (Å²) >= 11 is 3.27. The molecule has 0 atom stereocenters. The molecule has 0 aliphatic carbocycles. The van der Waals surface area contributed by atoms with Gasteiger partial charge < -0.3 is 10.6 Å². The number of nitriles is 1. The minimum atomic E-state index is -0.362. The number of hydrogen-bond acceptors (Lipinski definition) is 4. The molecule has 2 aromatic rings. The number of thiophene rings is 1. The second-order valence-electron chi connectivity index (χ2n) is 4.01. The quantitative estimate of drug-likeness (QED) is 0.759. The van der Waals surface area contributed by atoms with Crippen LogP contribution in [0.15, 0.2) is 36.4 Å². The predicted octanol–water partition coefficient (Wildman–Crippen LogP) is 2.59. The zero-order valence-electron chi connectivity index (χ0n) is 10.7. The van der Waals surface area contributed by atoms with E-state index in [1.807, 2.05) is 18.2 Å². The van der Waals surface area contributed by atoms with Crippen LogP contribution < -0.4 is 10.6 Å². The molecule has 0 radical (unpaired) electrons. The molecule has 1 aromatic carbocycles. The molecular formula is C14H10IN3O2S. The van der Waals surface area contributed by atoms with Gasteiger partial charge >= 0.3 is 0 Å². The molecule has 0 saturated carbocycles. The highest BCUT2D eigenvalue weighted by atomic mass is 127. The Morgan fingerprint density at radius 2 is 1.90 bits per heavy atom. The molecule has 1 aromatic heterocycles. The maximum Gasteiger partial charge on any atom is 0.261 e. The average Bonchev–Trinajstić information content (AvgIpc) is 2.96. The Labute approximate surface area is 139 Å². The minimum Gasteiger partial charge on any atom is -0.342 e. The van der Waals surface area contributed by atoms with Gasteiger partial charge in [0, 0.05) is 9.26 Å². The molecule has 106 valence electrons. The highest BCUT2D eigenvalue weighted by molar-refractivity contribution is 14.1. The first-order valence-corrected chi connectivity index (χ1v) is 7.81. The van der Waals surface area contributed by atoms with E-state index < -0.39 is 0 Å². The van der Waals surface area contributed by atoms with Crippen molar-refractivity contribution in [2.45, 2.75) is 0 Å². The van der Waals surface area contributed by atoms with Gasteiger partial charge in [0.25, 0.3) is 5.91 Å². The van der Waals surface area contributed by atoms with Crippen molar-refractivity contribution in [1.82, 2.24) is 5.32 Å². The number of benzene rings is 1. The third kappa shape index (κ3) is 4.54. The zero-order valence-corrected chi connectivity index (χ0v) is 13.7. The summed E-state index contributed by atoms with van der Waals surface area (Å²) in [6.07, 6.45) is 0. The number of hydrogen-bond donors (Lipinski definition) is 2. The number of halogens is 1. The van der Waals surface area contributed by atoms with Crippen molar-refractivity contribution >= 4 is 51.4 Å². The number of nitrogens with zero attached hydrogens (tertiary/aromatic N) is 1. The number of carbonyl (C=O) groups is 2. The Kier molecular flexibility index (Phi) is 5.30. The van der Waals surface area contributed by atoms with Crippen molar-refractivity contribution < 1.29 is 9.59 Å². The lowest BCUT2D eigenvalue weighted by Gasteiger charge is -2.06. The average molecular weight is 411 g/mol. The molecule has 0 saturated heterocycles. The zero-order chi connectivity index (χ0) is 15.2. The number of carbonyl (C=O) groups excluding carboxylic acids is 2. The van der Waals surface area contributed by atoms with Crippen LogP contribution in [0, 0.1) is 14.9 Å². The van der Waals surface area contributed by atoms with E-state index in [0.29, 0.717) is 15.4 Å². The summed E-state index contributed by atoms with van der Waals surface area (Å²) in [6, 6.07) is 12.4. The van der Waals surface area contributed by atoms with Gasteiger partial charge in [0.2, 0.25) is 5.91 Å². The number of rotatable bonds is 4. The third-order valence-corrected chi connectivity index (χ3v) is 4.19. The van der Waals surface area contributed by atoms with E-state index in [1.54, 1.807) is 24.3 Å². The van der Waals surface area contributed by atoms with Crippen molar-refractivity contribution in [2.75, 3.05) is 11.9 Å². The Balaban J connectivity index is 1.85. The second-order valence-corrected chi connectivity index (χ2v) is 6.34. The standard InChI is InChI=1S/C14H10IN3O2S/c15-9-1-3-10(4-2-9)18-13(19)8-17-14(20)12-6-5-11(7-16)21-12/h1-6H,8H2,(H,17,20)(H,18,19). The Bertz CT molecular complexity index is 704. The van der Waals surface area contributed by atoms with E-state index in [9.17, 15) is 9.59 Å². The number of nitrogens with one attached hydrogen (secondary N) is 2. The molecule has 2 amide bonds. The molecule has 5 nitrogen and oxygen atoms in total. The molecular weight excluding hydrogens is 401 g/mol. The fourth-order valence-electron chi connectivity index (χ4n) is 1.51. The van der Waals surface area contributed by atoms with Crippen LogP contribution in [-0.2, 0) is 4.79 Å². The second kappa shape index (κ2) is 7.19. The van der Waals surface area contributed by atoms with E-state index in [2.05, 4.69) is 33.2 Å². The lowest BCUT2D eigenvalue weighted by molar-refractivity contribution is -0.115. The first-order valence-electron chi connectivity index (χ1n) is 5.92. The molecule has 0 bridgehead atoms. The van der Waals surface area contributed by atoms with Crippen LogP contribution in [0.25, 0.3) is 0 Å². The maximum absolute atomic E-state index is 11.8. The molecule has 0 aliphatic rings. The molecule has 1 heterocycles. The van der Waals surface area contributed by atoms with Gasteiger partial charge in [-0.2, -0.15) is 5.26 Å². The van der Waals surface area contributed by atoms with Crippen molar-refractivity contribution in [3.8, 4) is 6.07 Å². The van der Waals surface area contributed by atoms with Crippen molar-refractivity contribution in [3.05, 3.63) is 49.7 Å². The van der Waals surface area contributed by atoms with Gasteiger partial charge in [-0.3, -0.25) is 9.59 Å². The summed E-state index contributed by atoms with van der Waals surface area (Å²) < 4.78 is 1.07. The fourth-order valence-corrected chi connectivity index (χ4v) is 2.59. The summed E-state index contributed by atoms with van der Waals surface area (Å²) in [4.78, 5) is 24.4. The van der Waals surface area contributed by atoms with Gasteiger partial charge in [0.05, 0.1) is 11.4 Å². The van der Waals surface area contributed by atoms with Crippen LogP contribution in [0.2, 0.25) is 0 Å². The topological polar surface area (TPSA) is 82.0 Å². The molecule has 0 aliphatic heterocycles. The third-order valence-electron chi connectivity index (χ3n) is 2.48. The highest BCUT2D eigenvalue weighted by Gasteiger charge is 2.10. The van der Waals surface area contributed by atoms with E-state index in [-0.39, 0.29) is 18.4 Å². The van der Waals surface area contributed by atoms with Crippen LogP contribution in [0.1, 0.15) is 14.5 Å². The first-order chi connectivity index (χ1) is 10.1. The smallest absolute Gasteiger partial charge is 0.261 e. The minimum absolute atomic E-state index is 0.120. The van der Waals surface area contributed by atoms with E-state index in [4.69, 9.17) is 5.26 Å². The summed E-state index contributed by atoms with van der Waals surface area (Å²) in [7, 11) is 0. The van der Waals surface area contributed by atoms with E-state index >= 15 is 0 Å². The normalized spacial score (nSPS) is 9.71. The molecule has 2 rings (SSSR count). The molecule has 21 heavy (non-hydrogen) atoms. The molecule has 7 heteroatoms. The van der Waals surface area contributed by atoms with Crippen LogP contribution in [0.5, 0.6) is 0 Å². The van der Waals surface area contributed by atoms with Gasteiger partial charge in [-0.15, -0.1) is 11.3 Å². The van der Waals surface area contributed by atoms with Gasteiger partial charge in [-0.1, -0.05) is 0 Å². The van der Waals surface area contributed by atoms with Gasteiger partial charge in [-0.05, 0) is 59.0 Å². The molecule has 0 unspecified atom stereocenters. The Morgan fingerprint density at radius 1 is 1.19 bits per heavy atom. The Morgan fingerprint density at radius 3 is 2.52 bits per heavy atom. The predicted molar refractivity (Wildman–Crippen MR) is 89.2 cm³/mol. The molecule has 2 N–H and O–H groups in total. The number of amides is 2. The number of anilines is 1. The van der Waals surface area contributed by atoms with E-state index in [0.717, 1.165) is 14.9 Å². The largest absolute Gasteiger partial charge is 0.342 e. The monoisotopic (exact) mass is 411 g/mol. The van der Waals surface area contributed by atoms with Crippen molar-refractivity contribution in [1.29, 1.82) is 5.26 Å². The SMILES string of the molecule is N#Cc1ccc(C(=O)NCC(=O)Nc2ccc(I)cc2)s1. The van der Waals surface area contributed by atoms with Crippen LogP contribution in [-0.4, -0.2) is 18.4 Å². The molecule has 0 fully saturated rings. The highest BCUT2D eigenvalue weighted by Crippen LogP contribution is 2.15. The maximum atomic E-state index is 11.8. The van der Waals surface area contributed by atoms with Gasteiger partial charge in [0.1, 0.15) is 10.9 Å². The van der Waals surface area contributed by atoms with Gasteiger partial charge in [0.15, 0.2) is 0 Å². The van der Waals surface area contributed by atoms with Crippen molar-refractivity contribution in [3.63, 3.8) is 0 Å². The van der Waals surface area contributed by atoms with Crippen LogP contribution in [0.3, 0.4) is 0 Å². The summed E-state index contributed by atoms with van der Waals surface area (Å²) in [5.41, 5.74) is 0.678. The summed E-state index contributed by atoms with van der Waals surface area (Å²) in [5.74, 6) is -0.666. The fraction of sp³-hybridized carbons (Fsp3) is 0.0714. The summed E-state index contributed by atoms with van der Waals surface area (Å²) in [5, 5.41) is 13.9. The van der Waals surface area contributed by atoms with E-state index in [1.165, 1.54) is 0 Å². The first kappa shape index (κ1) is 15.5. The lowest BCUT2D eigenvalue weighted by Crippen LogP contribution is -2.32. The summed E-state index contributed by atoms with van der Waals surface area (Å²) in [6.45, 7) is -0.120. The van der Waals surface area contributed by atoms with Crippen LogP contribution >= 0.6 is 33.9 Å². The van der Waals surface area contributed by atoms with Gasteiger partial charge in [-0.25, -0.2) is 0 Å². The van der Waals surface area contributed by atoms with Crippen LogP contribution in [0.4, 0.5) is 5.69 Å². The molecule has 0 spiro atoms. The van der Waals surface area contributed by atoms with Crippen molar-refractivity contribution in [2.24, 2.45) is 0 Å². The Hall–Kier alpha value is -1.92.